The molecular formula is C30H29N5O3S2. The Balaban J connectivity index is 1.55. The second-order valence-electron chi connectivity index (χ2n) is 10.6. The Morgan fingerprint density at radius 1 is 0.975 bits per heavy atom. The number of anilines is 1. The van der Waals surface area contributed by atoms with Gasteiger partial charge in [-0.25, -0.2) is 13.6 Å². The van der Waals surface area contributed by atoms with Crippen molar-refractivity contribution in [2.45, 2.75) is 37.6 Å². The topological polar surface area (TPSA) is 122 Å². The van der Waals surface area contributed by atoms with Crippen LogP contribution in [0.15, 0.2) is 100 Å². The van der Waals surface area contributed by atoms with Gasteiger partial charge in [0, 0.05) is 5.39 Å². The van der Waals surface area contributed by atoms with Crippen LogP contribution in [0.5, 0.6) is 5.88 Å². The number of nitrogens with zero attached hydrogens (tertiary/aromatic N) is 3. The van der Waals surface area contributed by atoms with Crippen LogP contribution in [-0.4, -0.2) is 23.2 Å². The third-order valence-corrected chi connectivity index (χ3v) is 7.86. The van der Waals surface area contributed by atoms with Crippen LogP contribution >= 0.6 is 12.2 Å². The highest BCUT2D eigenvalue weighted by atomic mass is 32.2. The van der Waals surface area contributed by atoms with E-state index >= 15 is 0 Å². The van der Waals surface area contributed by atoms with E-state index in [9.17, 15) is 13.5 Å². The van der Waals surface area contributed by atoms with E-state index in [-0.39, 0.29) is 32.7 Å². The lowest BCUT2D eigenvalue weighted by Gasteiger charge is -2.19. The van der Waals surface area contributed by atoms with Crippen molar-refractivity contribution >= 4 is 60.4 Å². The zero-order valence-corrected chi connectivity index (χ0v) is 23.9. The summed E-state index contributed by atoms with van der Waals surface area (Å²) in [6, 6.07) is 26.5. The van der Waals surface area contributed by atoms with Gasteiger partial charge in [0.25, 0.3) is 0 Å². The summed E-state index contributed by atoms with van der Waals surface area (Å²) in [5.41, 5.74) is 3.21. The average molecular weight is 572 g/mol. The number of para-hydroxylation sites is 1. The van der Waals surface area contributed by atoms with Crippen molar-refractivity contribution in [3.8, 4) is 5.88 Å². The molecule has 0 atom stereocenters. The Labute approximate surface area is 238 Å². The molecule has 0 spiro atoms. The average Bonchev–Trinajstić information content (AvgIpc) is 3.16. The van der Waals surface area contributed by atoms with Gasteiger partial charge < -0.3 is 15.0 Å². The number of nitrogens with one attached hydrogen (secondary N) is 1. The molecule has 4 N–H and O–H groups in total. The number of hydrogen-bond acceptors (Lipinski definition) is 5. The molecule has 1 aromatic heterocycles. The lowest BCUT2D eigenvalue weighted by atomic mass is 9.86. The zero-order valence-electron chi connectivity index (χ0n) is 22.3. The number of nitrogens with two attached hydrogens (primary N) is 1. The molecule has 10 heteroatoms. The Bertz CT molecular complexity index is 1900. The van der Waals surface area contributed by atoms with Crippen molar-refractivity contribution in [3.63, 3.8) is 0 Å². The normalized spacial score (nSPS) is 12.4. The smallest absolute Gasteiger partial charge is 0.240 e. The monoisotopic (exact) mass is 571 g/mol. The number of primary sulfonamides is 1. The maximum atomic E-state index is 11.9. The summed E-state index contributed by atoms with van der Waals surface area (Å²) in [5, 5.41) is 30.8. The van der Waals surface area contributed by atoms with Gasteiger partial charge in [-0.3, -0.25) is 0 Å². The van der Waals surface area contributed by atoms with Crippen LogP contribution < -0.4 is 10.5 Å². The predicted octanol–water partition coefficient (Wildman–Crippen LogP) is 6.97. The minimum Gasteiger partial charge on any atom is -0.493 e. The number of benzene rings is 4. The fourth-order valence-electron chi connectivity index (χ4n) is 4.62. The number of fused-ring (bicyclic) bond motifs is 2. The second kappa shape index (κ2) is 10.5. The lowest BCUT2D eigenvalue weighted by Crippen LogP contribution is -2.16. The number of thiocarbonyl (C=S) groups is 1. The van der Waals surface area contributed by atoms with E-state index in [1.165, 1.54) is 12.1 Å². The van der Waals surface area contributed by atoms with Crippen LogP contribution in [0.25, 0.3) is 21.7 Å². The number of rotatable bonds is 5. The van der Waals surface area contributed by atoms with Crippen LogP contribution in [0, 0.1) is 0 Å². The first-order valence-electron chi connectivity index (χ1n) is 12.6. The Morgan fingerprint density at radius 2 is 1.68 bits per heavy atom. The Morgan fingerprint density at radius 3 is 2.40 bits per heavy atom. The standard InChI is InChI=1S/C30H29N5O3S2/c1-30(2,3)22-14-15-25-23(17-22)27(33-34-29(39)32-24-10-6-7-11-26(24)40(31,37)38)28(36)35(25)18-19-12-13-20-8-4-5-9-21(20)16-19/h4-17,36H,18H2,1-3H3,(H,32,39)(H2,31,37,38). The van der Waals surface area contributed by atoms with Crippen molar-refractivity contribution in [3.05, 3.63) is 96.1 Å². The van der Waals surface area contributed by atoms with Gasteiger partial charge in [0.2, 0.25) is 21.0 Å². The summed E-state index contributed by atoms with van der Waals surface area (Å²) in [4.78, 5) is -0.114. The summed E-state index contributed by atoms with van der Waals surface area (Å²) in [6.45, 7) is 6.76. The zero-order chi connectivity index (χ0) is 28.7. The van der Waals surface area contributed by atoms with Gasteiger partial charge in [0.05, 0.1) is 17.7 Å². The van der Waals surface area contributed by atoms with Crippen LogP contribution in [0.2, 0.25) is 0 Å². The predicted molar refractivity (Wildman–Crippen MR) is 164 cm³/mol. The van der Waals surface area contributed by atoms with E-state index in [1.54, 1.807) is 16.7 Å². The van der Waals surface area contributed by atoms with Crippen molar-refractivity contribution < 1.29 is 13.5 Å². The molecule has 204 valence electrons. The molecule has 0 bridgehead atoms. The third-order valence-electron chi connectivity index (χ3n) is 6.71. The molecule has 0 saturated heterocycles. The first-order chi connectivity index (χ1) is 18.9. The molecule has 0 saturated carbocycles. The first-order valence-corrected chi connectivity index (χ1v) is 14.6. The van der Waals surface area contributed by atoms with Crippen LogP contribution in [0.3, 0.4) is 0 Å². The summed E-state index contributed by atoms with van der Waals surface area (Å²) in [7, 11) is -3.98. The number of sulfonamides is 1. The SMILES string of the molecule is CC(C)(C)c1ccc2c(c1)c(N=NC(=S)Nc1ccccc1S(N)(=O)=O)c(O)n2Cc1ccc2ccccc2c1. The van der Waals surface area contributed by atoms with E-state index < -0.39 is 10.0 Å². The Hall–Kier alpha value is -4.12. The van der Waals surface area contributed by atoms with Crippen LogP contribution in [0.4, 0.5) is 11.4 Å². The highest BCUT2D eigenvalue weighted by molar-refractivity contribution is 7.89. The van der Waals surface area contributed by atoms with Gasteiger partial charge in [-0.15, -0.1) is 10.2 Å². The highest BCUT2D eigenvalue weighted by Gasteiger charge is 2.21. The summed E-state index contributed by atoms with van der Waals surface area (Å²) >= 11 is 5.33. The van der Waals surface area contributed by atoms with E-state index in [4.69, 9.17) is 17.4 Å². The number of aromatic hydroxyl groups is 1. The molecule has 0 radical (unpaired) electrons. The van der Waals surface area contributed by atoms with Crippen molar-refractivity contribution in [1.29, 1.82) is 0 Å². The molecular weight excluding hydrogens is 542 g/mol. The fraction of sp³-hybridized carbons (Fsp3) is 0.167. The molecule has 0 fully saturated rings. The van der Waals surface area contributed by atoms with Gasteiger partial charge in [0.1, 0.15) is 4.90 Å². The van der Waals surface area contributed by atoms with Gasteiger partial charge >= 0.3 is 0 Å². The van der Waals surface area contributed by atoms with Gasteiger partial charge in [-0.2, -0.15) is 0 Å². The molecule has 0 aliphatic rings. The van der Waals surface area contributed by atoms with Crippen molar-refractivity contribution in [1.82, 2.24) is 4.57 Å². The maximum Gasteiger partial charge on any atom is 0.240 e. The molecule has 0 aliphatic heterocycles. The van der Waals surface area contributed by atoms with E-state index in [0.29, 0.717) is 6.54 Å². The molecule has 8 nitrogen and oxygen atoms in total. The molecule has 0 unspecified atom stereocenters. The van der Waals surface area contributed by atoms with E-state index in [1.807, 2.05) is 30.3 Å². The van der Waals surface area contributed by atoms with E-state index in [0.717, 1.165) is 32.8 Å². The van der Waals surface area contributed by atoms with Gasteiger partial charge in [-0.05, 0) is 69.9 Å². The fourth-order valence-corrected chi connectivity index (χ4v) is 5.47. The Kier molecular flexibility index (Phi) is 7.17. The minimum absolute atomic E-state index is 0.0503. The summed E-state index contributed by atoms with van der Waals surface area (Å²) in [5.74, 6) is -0.0503. The quantitative estimate of drug-likeness (QED) is 0.155. The van der Waals surface area contributed by atoms with E-state index in [2.05, 4.69) is 66.6 Å². The molecule has 1 heterocycles. The third kappa shape index (κ3) is 5.60. The molecule has 40 heavy (non-hydrogen) atoms. The highest BCUT2D eigenvalue weighted by Crippen LogP contribution is 2.41. The van der Waals surface area contributed by atoms with Crippen LogP contribution in [-0.2, 0) is 22.0 Å². The van der Waals surface area contributed by atoms with Gasteiger partial charge in [-0.1, -0.05) is 75.4 Å². The number of azo groups is 1. The lowest BCUT2D eigenvalue weighted by molar-refractivity contribution is 0.429. The molecule has 0 amide bonds. The summed E-state index contributed by atoms with van der Waals surface area (Å²) < 4.78 is 25.7. The van der Waals surface area contributed by atoms with Crippen LogP contribution in [0.1, 0.15) is 31.9 Å². The molecule has 0 aliphatic carbocycles. The van der Waals surface area contributed by atoms with Crippen molar-refractivity contribution in [2.24, 2.45) is 15.4 Å². The number of hydrogen-bond donors (Lipinski definition) is 3. The largest absolute Gasteiger partial charge is 0.493 e. The number of aromatic nitrogens is 1. The minimum atomic E-state index is -3.98. The van der Waals surface area contributed by atoms with Crippen molar-refractivity contribution in [2.75, 3.05) is 5.32 Å². The second-order valence-corrected chi connectivity index (χ2v) is 12.5. The molecule has 5 aromatic rings. The maximum absolute atomic E-state index is 11.9. The first kappa shape index (κ1) is 27.4. The molecule has 4 aromatic carbocycles. The van der Waals surface area contributed by atoms with Gasteiger partial charge in [0.15, 0.2) is 5.69 Å². The summed E-state index contributed by atoms with van der Waals surface area (Å²) in [6.07, 6.45) is 0. The molecule has 5 rings (SSSR count).